The Balaban J connectivity index is 2.42. The Morgan fingerprint density at radius 1 is 1.43 bits per heavy atom. The fourth-order valence-electron chi connectivity index (χ4n) is 1.41. The fraction of sp³-hybridized carbons (Fsp3) is 0.600. The average Bonchev–Trinajstić information content (AvgIpc) is 2.56. The first-order valence-electron chi connectivity index (χ1n) is 4.82. The first kappa shape index (κ1) is 11.2. The number of hydrogen-bond donors (Lipinski definition) is 1. The third-order valence-corrected chi connectivity index (χ3v) is 1.89. The van der Waals surface area contributed by atoms with E-state index >= 15 is 0 Å². The van der Waals surface area contributed by atoms with Gasteiger partial charge in [0.2, 0.25) is 0 Å². The van der Waals surface area contributed by atoms with Crippen molar-refractivity contribution in [2.45, 2.75) is 6.54 Å². The summed E-state index contributed by atoms with van der Waals surface area (Å²) in [5.41, 5.74) is 5.54. The summed E-state index contributed by atoms with van der Waals surface area (Å²) < 4.78 is 5.29. The number of nitrogens with zero attached hydrogens (tertiary/aromatic N) is 2. The average molecular weight is 197 g/mol. The largest absolute Gasteiger partial charge is 0.468 e. The van der Waals surface area contributed by atoms with Crippen molar-refractivity contribution in [2.75, 3.05) is 33.9 Å². The minimum Gasteiger partial charge on any atom is -0.468 e. The zero-order valence-corrected chi connectivity index (χ0v) is 8.94. The van der Waals surface area contributed by atoms with Crippen LogP contribution in [0, 0.1) is 0 Å². The lowest BCUT2D eigenvalue weighted by atomic mass is 10.4. The molecule has 0 fully saturated rings. The lowest BCUT2D eigenvalue weighted by Gasteiger charge is -2.24. The molecule has 0 saturated heterocycles. The van der Waals surface area contributed by atoms with Crippen molar-refractivity contribution in [3.8, 4) is 0 Å². The first-order chi connectivity index (χ1) is 6.72. The van der Waals surface area contributed by atoms with Gasteiger partial charge in [-0.2, -0.15) is 0 Å². The standard InChI is InChI=1S/C10H19N3O/c1-12(2)9-13(6-5-11)8-10-4-3-7-14-10/h3-4,7H,5-6,8-9,11H2,1-2H3. The lowest BCUT2D eigenvalue weighted by Crippen LogP contribution is -2.36. The van der Waals surface area contributed by atoms with Gasteiger partial charge in [0.25, 0.3) is 0 Å². The SMILES string of the molecule is CN(C)CN(CCN)Cc1ccco1. The van der Waals surface area contributed by atoms with E-state index in [4.69, 9.17) is 10.2 Å². The van der Waals surface area contributed by atoms with Crippen LogP contribution in [0.3, 0.4) is 0 Å². The zero-order chi connectivity index (χ0) is 10.4. The van der Waals surface area contributed by atoms with E-state index in [0.717, 1.165) is 25.5 Å². The molecule has 1 aromatic rings. The minimum absolute atomic E-state index is 0.675. The predicted octanol–water partition coefficient (Wildman–Crippen LogP) is 0.559. The summed E-state index contributed by atoms with van der Waals surface area (Å²) in [4.78, 5) is 4.37. The molecule has 0 saturated carbocycles. The number of hydrogen-bond acceptors (Lipinski definition) is 4. The van der Waals surface area contributed by atoms with Gasteiger partial charge < -0.3 is 10.2 Å². The summed E-state index contributed by atoms with van der Waals surface area (Å²) in [5, 5.41) is 0. The maximum atomic E-state index is 5.54. The van der Waals surface area contributed by atoms with E-state index in [0.29, 0.717) is 6.54 Å². The Bertz CT molecular complexity index is 234. The van der Waals surface area contributed by atoms with Crippen LogP contribution in [-0.2, 0) is 6.54 Å². The molecule has 0 spiro atoms. The quantitative estimate of drug-likeness (QED) is 0.677. The summed E-state index contributed by atoms with van der Waals surface area (Å²) in [7, 11) is 4.09. The summed E-state index contributed by atoms with van der Waals surface area (Å²) in [6.07, 6.45) is 1.70. The van der Waals surface area contributed by atoms with Crippen LogP contribution in [0.15, 0.2) is 22.8 Å². The molecular weight excluding hydrogens is 178 g/mol. The molecule has 0 unspecified atom stereocenters. The van der Waals surface area contributed by atoms with Gasteiger partial charge >= 0.3 is 0 Å². The Labute approximate surface area is 85.3 Å². The third-order valence-electron chi connectivity index (χ3n) is 1.89. The van der Waals surface area contributed by atoms with Crippen LogP contribution in [-0.4, -0.2) is 43.7 Å². The summed E-state index contributed by atoms with van der Waals surface area (Å²) in [6, 6.07) is 3.89. The lowest BCUT2D eigenvalue weighted by molar-refractivity contribution is 0.162. The summed E-state index contributed by atoms with van der Waals surface area (Å²) in [6.45, 7) is 3.29. The van der Waals surface area contributed by atoms with E-state index in [-0.39, 0.29) is 0 Å². The van der Waals surface area contributed by atoms with Gasteiger partial charge in [-0.05, 0) is 26.2 Å². The molecule has 0 aliphatic heterocycles. The predicted molar refractivity (Wildman–Crippen MR) is 56.7 cm³/mol. The Morgan fingerprint density at radius 3 is 2.71 bits per heavy atom. The summed E-state index contributed by atoms with van der Waals surface area (Å²) in [5.74, 6) is 0.986. The molecule has 0 atom stereocenters. The second-order valence-electron chi connectivity index (χ2n) is 3.64. The zero-order valence-electron chi connectivity index (χ0n) is 8.94. The highest BCUT2D eigenvalue weighted by Crippen LogP contribution is 2.04. The van der Waals surface area contributed by atoms with E-state index in [1.807, 2.05) is 26.2 Å². The van der Waals surface area contributed by atoms with Crippen molar-refractivity contribution in [3.63, 3.8) is 0 Å². The topological polar surface area (TPSA) is 45.6 Å². The van der Waals surface area contributed by atoms with Crippen molar-refractivity contribution in [1.82, 2.24) is 9.80 Å². The number of furan rings is 1. The van der Waals surface area contributed by atoms with Crippen LogP contribution in [0.25, 0.3) is 0 Å². The van der Waals surface area contributed by atoms with E-state index in [1.54, 1.807) is 6.26 Å². The Morgan fingerprint density at radius 2 is 2.21 bits per heavy atom. The second kappa shape index (κ2) is 5.80. The molecule has 14 heavy (non-hydrogen) atoms. The van der Waals surface area contributed by atoms with Gasteiger partial charge in [0.05, 0.1) is 19.5 Å². The second-order valence-corrected chi connectivity index (χ2v) is 3.64. The molecule has 0 aliphatic carbocycles. The third kappa shape index (κ3) is 3.91. The smallest absolute Gasteiger partial charge is 0.117 e. The Hall–Kier alpha value is -0.840. The van der Waals surface area contributed by atoms with Gasteiger partial charge in [-0.1, -0.05) is 0 Å². The molecule has 4 nitrogen and oxygen atoms in total. The van der Waals surface area contributed by atoms with Gasteiger partial charge in [-0.25, -0.2) is 0 Å². The van der Waals surface area contributed by atoms with Crippen LogP contribution in [0.1, 0.15) is 5.76 Å². The van der Waals surface area contributed by atoms with Crippen molar-refractivity contribution >= 4 is 0 Å². The molecule has 2 N–H and O–H groups in total. The highest BCUT2D eigenvalue weighted by Gasteiger charge is 2.07. The maximum absolute atomic E-state index is 5.54. The molecule has 0 radical (unpaired) electrons. The van der Waals surface area contributed by atoms with Crippen LogP contribution in [0.4, 0.5) is 0 Å². The maximum Gasteiger partial charge on any atom is 0.117 e. The van der Waals surface area contributed by atoms with Gasteiger partial charge in [0, 0.05) is 13.1 Å². The van der Waals surface area contributed by atoms with Crippen molar-refractivity contribution in [1.29, 1.82) is 0 Å². The molecule has 0 aromatic carbocycles. The van der Waals surface area contributed by atoms with Crippen molar-refractivity contribution in [3.05, 3.63) is 24.2 Å². The Kier molecular flexibility index (Phi) is 4.65. The number of rotatable bonds is 6. The molecule has 1 rings (SSSR count). The minimum atomic E-state index is 0.675. The molecule has 0 amide bonds. The molecular formula is C10H19N3O. The number of nitrogens with two attached hydrogens (primary N) is 1. The molecule has 0 aliphatic rings. The van der Waals surface area contributed by atoms with Crippen LogP contribution >= 0.6 is 0 Å². The van der Waals surface area contributed by atoms with Crippen molar-refractivity contribution < 1.29 is 4.42 Å². The first-order valence-corrected chi connectivity index (χ1v) is 4.82. The van der Waals surface area contributed by atoms with E-state index < -0.39 is 0 Å². The molecule has 1 aromatic heterocycles. The van der Waals surface area contributed by atoms with E-state index in [2.05, 4.69) is 9.80 Å². The highest BCUT2D eigenvalue weighted by atomic mass is 16.3. The molecule has 80 valence electrons. The van der Waals surface area contributed by atoms with Crippen LogP contribution in [0.2, 0.25) is 0 Å². The van der Waals surface area contributed by atoms with E-state index in [1.165, 1.54) is 0 Å². The van der Waals surface area contributed by atoms with Gasteiger partial charge in [-0.3, -0.25) is 9.80 Å². The van der Waals surface area contributed by atoms with Gasteiger partial charge in [0.1, 0.15) is 5.76 Å². The van der Waals surface area contributed by atoms with Crippen molar-refractivity contribution in [2.24, 2.45) is 5.73 Å². The molecule has 0 bridgehead atoms. The normalized spacial score (nSPS) is 11.5. The van der Waals surface area contributed by atoms with Crippen LogP contribution in [0.5, 0.6) is 0 Å². The fourth-order valence-corrected chi connectivity index (χ4v) is 1.41. The molecule has 4 heteroatoms. The summed E-state index contributed by atoms with van der Waals surface area (Å²) >= 11 is 0. The van der Waals surface area contributed by atoms with E-state index in [9.17, 15) is 0 Å². The highest BCUT2D eigenvalue weighted by molar-refractivity contribution is 4.97. The van der Waals surface area contributed by atoms with Gasteiger partial charge in [0.15, 0.2) is 0 Å². The van der Waals surface area contributed by atoms with Gasteiger partial charge in [-0.15, -0.1) is 0 Å². The van der Waals surface area contributed by atoms with Crippen LogP contribution < -0.4 is 5.73 Å². The monoisotopic (exact) mass is 197 g/mol. The molecule has 1 heterocycles.